The van der Waals surface area contributed by atoms with Gasteiger partial charge in [-0.25, -0.2) is 14.1 Å². The monoisotopic (exact) mass is 347 g/mol. The van der Waals surface area contributed by atoms with Gasteiger partial charge in [0.2, 0.25) is 5.82 Å². The first-order valence-electron chi connectivity index (χ1n) is 8.61. The minimum Gasteiger partial charge on any atom is -0.343 e. The van der Waals surface area contributed by atoms with Gasteiger partial charge in [-0.3, -0.25) is 4.79 Å². The van der Waals surface area contributed by atoms with E-state index >= 15 is 0 Å². The van der Waals surface area contributed by atoms with E-state index in [0.717, 1.165) is 0 Å². The van der Waals surface area contributed by atoms with Crippen LogP contribution in [0.3, 0.4) is 0 Å². The number of nitrogens with two attached hydrogens (primary N) is 1. The van der Waals surface area contributed by atoms with E-state index in [0.29, 0.717) is 25.2 Å². The van der Waals surface area contributed by atoms with Crippen LogP contribution in [0.1, 0.15) is 62.9 Å². The molecule has 0 atom stereocenters. The predicted octanol–water partition coefficient (Wildman–Crippen LogP) is 2.78. The molecule has 0 saturated heterocycles. The van der Waals surface area contributed by atoms with E-state index in [4.69, 9.17) is 5.73 Å². The fraction of sp³-hybridized carbons (Fsp3) is 0.500. The lowest BCUT2D eigenvalue weighted by Crippen LogP contribution is -2.53. The summed E-state index contributed by atoms with van der Waals surface area (Å²) in [6.45, 7) is 8.12. The number of benzene rings is 1. The van der Waals surface area contributed by atoms with Crippen LogP contribution in [-0.4, -0.2) is 32.8 Å². The number of hydrogen-bond donors (Lipinski definition) is 2. The molecule has 3 N–H and O–H groups in total. The van der Waals surface area contributed by atoms with Crippen LogP contribution in [0.15, 0.2) is 24.3 Å². The van der Waals surface area contributed by atoms with Crippen LogP contribution >= 0.6 is 0 Å². The Kier molecular flexibility index (Phi) is 5.89. The van der Waals surface area contributed by atoms with Crippen LogP contribution in [-0.2, 0) is 0 Å². The van der Waals surface area contributed by atoms with Gasteiger partial charge in [-0.15, -0.1) is 5.10 Å². The van der Waals surface area contributed by atoms with Gasteiger partial charge >= 0.3 is 0 Å². The summed E-state index contributed by atoms with van der Waals surface area (Å²) in [6.07, 6.45) is 1.41. The van der Waals surface area contributed by atoms with Crippen molar-refractivity contribution in [3.8, 4) is 5.69 Å². The maximum absolute atomic E-state index is 14.2. The fourth-order valence-corrected chi connectivity index (χ4v) is 2.66. The van der Waals surface area contributed by atoms with Gasteiger partial charge in [0.05, 0.1) is 5.54 Å². The number of aromatic nitrogens is 3. The van der Waals surface area contributed by atoms with Gasteiger partial charge in [0.15, 0.2) is 0 Å². The van der Waals surface area contributed by atoms with Crippen molar-refractivity contribution in [1.82, 2.24) is 20.1 Å². The molecule has 136 valence electrons. The van der Waals surface area contributed by atoms with Crippen molar-refractivity contribution in [2.45, 2.75) is 52.0 Å². The lowest BCUT2D eigenvalue weighted by Gasteiger charge is -2.30. The molecule has 25 heavy (non-hydrogen) atoms. The van der Waals surface area contributed by atoms with Crippen molar-refractivity contribution < 1.29 is 9.18 Å². The maximum Gasteiger partial charge on any atom is 0.291 e. The molecule has 0 aliphatic carbocycles. The third kappa shape index (κ3) is 3.87. The number of amides is 1. The Labute approximate surface area is 147 Å². The standard InChI is InChI=1S/C18H26FN5O/c1-5-18(6-2,11-20)22-17(25)15-21-16(12(3)4)24(23-15)14-10-8-7-9-13(14)19/h7-10,12H,5-6,11,20H2,1-4H3,(H,22,25). The van der Waals surface area contributed by atoms with Crippen LogP contribution < -0.4 is 11.1 Å². The van der Waals surface area contributed by atoms with Gasteiger partial charge in [0, 0.05) is 12.5 Å². The highest BCUT2D eigenvalue weighted by molar-refractivity contribution is 5.91. The molecule has 0 fully saturated rings. The van der Waals surface area contributed by atoms with E-state index in [2.05, 4.69) is 15.4 Å². The van der Waals surface area contributed by atoms with E-state index in [1.54, 1.807) is 18.2 Å². The highest BCUT2D eigenvalue weighted by Gasteiger charge is 2.29. The van der Waals surface area contributed by atoms with Crippen LogP contribution in [0.4, 0.5) is 4.39 Å². The SMILES string of the molecule is CCC(CC)(CN)NC(=O)c1nc(C(C)C)n(-c2ccccc2F)n1. The molecule has 0 spiro atoms. The van der Waals surface area contributed by atoms with Crippen LogP contribution in [0.25, 0.3) is 5.69 Å². The lowest BCUT2D eigenvalue weighted by molar-refractivity contribution is 0.0884. The van der Waals surface area contributed by atoms with E-state index in [1.165, 1.54) is 10.7 Å². The second-order valence-corrected chi connectivity index (χ2v) is 6.46. The molecule has 6 nitrogen and oxygen atoms in total. The van der Waals surface area contributed by atoms with Gasteiger partial charge in [-0.2, -0.15) is 0 Å². The second kappa shape index (κ2) is 7.74. The molecular weight excluding hydrogens is 321 g/mol. The minimum absolute atomic E-state index is 0.0201. The zero-order valence-electron chi connectivity index (χ0n) is 15.2. The van der Waals surface area contributed by atoms with Crippen molar-refractivity contribution in [2.24, 2.45) is 5.73 Å². The summed E-state index contributed by atoms with van der Waals surface area (Å²) in [5.74, 6) is -0.288. The Morgan fingerprint density at radius 3 is 2.48 bits per heavy atom. The summed E-state index contributed by atoms with van der Waals surface area (Å²) in [5.41, 5.74) is 5.62. The molecule has 2 aromatic rings. The molecule has 0 saturated carbocycles. The molecule has 2 rings (SSSR count). The Bertz CT molecular complexity index is 729. The average molecular weight is 347 g/mol. The van der Waals surface area contributed by atoms with Crippen molar-refractivity contribution in [2.75, 3.05) is 6.54 Å². The summed E-state index contributed by atoms with van der Waals surface area (Å²) in [7, 11) is 0. The smallest absolute Gasteiger partial charge is 0.291 e. The van der Waals surface area contributed by atoms with Crippen molar-refractivity contribution in [1.29, 1.82) is 0 Å². The van der Waals surface area contributed by atoms with E-state index in [1.807, 2.05) is 27.7 Å². The molecule has 1 aromatic heterocycles. The highest BCUT2D eigenvalue weighted by atomic mass is 19.1. The molecule has 0 unspecified atom stereocenters. The number of hydrogen-bond acceptors (Lipinski definition) is 4. The summed E-state index contributed by atoms with van der Waals surface area (Å²) in [5, 5.41) is 7.21. The molecule has 0 aliphatic heterocycles. The van der Waals surface area contributed by atoms with Crippen LogP contribution in [0, 0.1) is 5.82 Å². The van der Waals surface area contributed by atoms with E-state index in [9.17, 15) is 9.18 Å². The topological polar surface area (TPSA) is 85.8 Å². The quantitative estimate of drug-likeness (QED) is 0.806. The van der Waals surface area contributed by atoms with Gasteiger partial charge < -0.3 is 11.1 Å². The first-order chi connectivity index (χ1) is 11.9. The summed E-state index contributed by atoms with van der Waals surface area (Å²) < 4.78 is 15.6. The number of nitrogens with one attached hydrogen (secondary N) is 1. The number of carbonyl (C=O) groups is 1. The van der Waals surface area contributed by atoms with Crippen molar-refractivity contribution in [3.63, 3.8) is 0 Å². The zero-order valence-corrected chi connectivity index (χ0v) is 15.2. The molecule has 1 aromatic carbocycles. The number of para-hydroxylation sites is 1. The summed E-state index contributed by atoms with van der Waals surface area (Å²) in [6, 6.07) is 6.29. The molecule has 1 amide bonds. The second-order valence-electron chi connectivity index (χ2n) is 6.46. The first-order valence-corrected chi connectivity index (χ1v) is 8.61. The Balaban J connectivity index is 2.42. The molecule has 0 radical (unpaired) electrons. The number of rotatable bonds is 7. The van der Waals surface area contributed by atoms with Gasteiger partial charge in [0.1, 0.15) is 17.3 Å². The molecule has 0 bridgehead atoms. The lowest BCUT2D eigenvalue weighted by atomic mass is 9.93. The summed E-state index contributed by atoms with van der Waals surface area (Å²) in [4.78, 5) is 17.0. The third-order valence-corrected chi connectivity index (χ3v) is 4.56. The minimum atomic E-state index is -0.488. The maximum atomic E-state index is 14.2. The Morgan fingerprint density at radius 1 is 1.32 bits per heavy atom. The number of nitrogens with zero attached hydrogens (tertiary/aromatic N) is 3. The molecule has 0 aliphatic rings. The average Bonchev–Trinajstić information content (AvgIpc) is 3.06. The largest absolute Gasteiger partial charge is 0.343 e. The number of halogens is 1. The van der Waals surface area contributed by atoms with Crippen LogP contribution in [0.2, 0.25) is 0 Å². The van der Waals surface area contributed by atoms with Crippen LogP contribution in [0.5, 0.6) is 0 Å². The zero-order chi connectivity index (χ0) is 18.6. The number of carbonyl (C=O) groups excluding carboxylic acids is 1. The Hall–Kier alpha value is -2.28. The van der Waals surface area contributed by atoms with E-state index in [-0.39, 0.29) is 17.4 Å². The van der Waals surface area contributed by atoms with Gasteiger partial charge in [0.25, 0.3) is 5.91 Å². The highest BCUT2D eigenvalue weighted by Crippen LogP contribution is 2.20. The molecule has 7 heteroatoms. The van der Waals surface area contributed by atoms with Crippen molar-refractivity contribution >= 4 is 5.91 Å². The summed E-state index contributed by atoms with van der Waals surface area (Å²) >= 11 is 0. The van der Waals surface area contributed by atoms with E-state index < -0.39 is 17.3 Å². The van der Waals surface area contributed by atoms with Crippen molar-refractivity contribution in [3.05, 3.63) is 41.7 Å². The fourth-order valence-electron chi connectivity index (χ4n) is 2.66. The predicted molar refractivity (Wildman–Crippen MR) is 95.2 cm³/mol. The Morgan fingerprint density at radius 2 is 1.96 bits per heavy atom. The van der Waals surface area contributed by atoms with Gasteiger partial charge in [-0.1, -0.05) is 39.8 Å². The van der Waals surface area contributed by atoms with Gasteiger partial charge in [-0.05, 0) is 25.0 Å². The first kappa shape index (κ1) is 19.1. The normalized spacial score (nSPS) is 11.8. The molecule has 1 heterocycles. The molecular formula is C18H26FN5O. The third-order valence-electron chi connectivity index (χ3n) is 4.56.